The van der Waals surface area contributed by atoms with E-state index in [-0.39, 0.29) is 11.3 Å². The quantitative estimate of drug-likeness (QED) is 0.205. The van der Waals surface area contributed by atoms with Crippen molar-refractivity contribution in [2.45, 2.75) is 26.0 Å². The fourth-order valence-electron chi connectivity index (χ4n) is 4.19. The molecule has 6 nitrogen and oxygen atoms in total. The number of nitrogens with zero attached hydrogens (tertiary/aromatic N) is 1. The average Bonchev–Trinajstić information content (AvgIpc) is 3.13. The smallest absolute Gasteiger partial charge is 0.295 e. The van der Waals surface area contributed by atoms with Crippen molar-refractivity contribution < 1.29 is 24.2 Å². The summed E-state index contributed by atoms with van der Waals surface area (Å²) in [5.41, 5.74) is 3.40. The first-order valence-corrected chi connectivity index (χ1v) is 11.6. The molecule has 0 aromatic heterocycles. The van der Waals surface area contributed by atoms with Crippen LogP contribution >= 0.6 is 0 Å². The van der Waals surface area contributed by atoms with Crippen LogP contribution in [-0.2, 0) is 20.9 Å². The minimum Gasteiger partial charge on any atom is -0.507 e. The number of aliphatic hydroxyl groups excluding tert-OH is 1. The van der Waals surface area contributed by atoms with Crippen LogP contribution in [0.1, 0.15) is 34.7 Å². The van der Waals surface area contributed by atoms with Crippen LogP contribution in [0.5, 0.6) is 5.75 Å². The summed E-state index contributed by atoms with van der Waals surface area (Å²) >= 11 is 0. The van der Waals surface area contributed by atoms with E-state index in [1.54, 1.807) is 19.2 Å². The van der Waals surface area contributed by atoms with E-state index < -0.39 is 17.7 Å². The fourth-order valence-corrected chi connectivity index (χ4v) is 4.19. The number of benzene rings is 3. The molecule has 1 amide bonds. The molecule has 0 radical (unpaired) electrons. The Morgan fingerprint density at radius 3 is 2.29 bits per heavy atom. The zero-order valence-electron chi connectivity index (χ0n) is 19.9. The van der Waals surface area contributed by atoms with Crippen molar-refractivity contribution in [1.29, 1.82) is 0 Å². The average molecular weight is 472 g/mol. The van der Waals surface area contributed by atoms with E-state index in [9.17, 15) is 14.7 Å². The number of ketones is 1. The van der Waals surface area contributed by atoms with Crippen molar-refractivity contribution in [2.24, 2.45) is 0 Å². The van der Waals surface area contributed by atoms with Gasteiger partial charge >= 0.3 is 0 Å². The fraction of sp³-hybridized carbons (Fsp3) is 0.241. The molecular formula is C29H29NO5. The lowest BCUT2D eigenvalue weighted by atomic mass is 9.95. The number of carbonyl (C=O) groups is 2. The maximum Gasteiger partial charge on any atom is 0.295 e. The highest BCUT2D eigenvalue weighted by atomic mass is 16.5. The van der Waals surface area contributed by atoms with Crippen LogP contribution < -0.4 is 4.74 Å². The van der Waals surface area contributed by atoms with Gasteiger partial charge in [0, 0.05) is 25.8 Å². The zero-order chi connectivity index (χ0) is 24.8. The summed E-state index contributed by atoms with van der Waals surface area (Å²) in [6.07, 6.45) is 0.572. The van der Waals surface area contributed by atoms with E-state index in [4.69, 9.17) is 9.47 Å². The van der Waals surface area contributed by atoms with Crippen molar-refractivity contribution >= 4 is 17.4 Å². The molecule has 35 heavy (non-hydrogen) atoms. The number of methoxy groups -OCH3 is 1. The number of rotatable bonds is 9. The van der Waals surface area contributed by atoms with Gasteiger partial charge in [0.1, 0.15) is 18.1 Å². The predicted molar refractivity (Wildman–Crippen MR) is 134 cm³/mol. The largest absolute Gasteiger partial charge is 0.507 e. The number of hydrogen-bond donors (Lipinski definition) is 1. The van der Waals surface area contributed by atoms with Crippen LogP contribution in [0, 0.1) is 6.92 Å². The molecule has 0 spiro atoms. The molecule has 6 heteroatoms. The van der Waals surface area contributed by atoms with Gasteiger partial charge in [0.15, 0.2) is 0 Å². The molecule has 1 aliphatic heterocycles. The van der Waals surface area contributed by atoms with E-state index in [0.717, 1.165) is 16.7 Å². The number of aliphatic hydroxyl groups is 1. The Labute approximate surface area is 205 Å². The lowest BCUT2D eigenvalue weighted by Crippen LogP contribution is -2.31. The monoisotopic (exact) mass is 471 g/mol. The third kappa shape index (κ3) is 5.44. The molecule has 1 saturated heterocycles. The number of carbonyl (C=O) groups excluding carboxylic acids is 2. The molecule has 1 unspecified atom stereocenters. The van der Waals surface area contributed by atoms with Crippen LogP contribution in [0.15, 0.2) is 84.4 Å². The summed E-state index contributed by atoms with van der Waals surface area (Å²) in [5.74, 6) is -0.807. The predicted octanol–water partition coefficient (Wildman–Crippen LogP) is 5.03. The molecule has 3 aromatic rings. The summed E-state index contributed by atoms with van der Waals surface area (Å²) in [6, 6.07) is 23.7. The molecule has 0 aliphatic carbocycles. The van der Waals surface area contributed by atoms with Crippen LogP contribution in [0.2, 0.25) is 0 Å². The van der Waals surface area contributed by atoms with Crippen LogP contribution in [0.3, 0.4) is 0 Å². The number of aryl methyl sites for hydroxylation is 1. The van der Waals surface area contributed by atoms with Gasteiger partial charge in [-0.3, -0.25) is 9.59 Å². The van der Waals surface area contributed by atoms with Gasteiger partial charge in [0.25, 0.3) is 11.7 Å². The first-order chi connectivity index (χ1) is 17.0. The molecule has 3 aromatic carbocycles. The Balaban J connectivity index is 1.66. The summed E-state index contributed by atoms with van der Waals surface area (Å²) in [4.78, 5) is 27.6. The molecule has 4 rings (SSSR count). The van der Waals surface area contributed by atoms with E-state index in [0.29, 0.717) is 37.5 Å². The first-order valence-electron chi connectivity index (χ1n) is 11.6. The van der Waals surface area contributed by atoms with E-state index in [1.807, 2.05) is 73.7 Å². The number of ether oxygens (including phenoxy) is 2. The van der Waals surface area contributed by atoms with E-state index in [2.05, 4.69) is 0 Å². The molecule has 0 bridgehead atoms. The Kier molecular flexibility index (Phi) is 7.63. The van der Waals surface area contributed by atoms with Gasteiger partial charge in [-0.25, -0.2) is 0 Å². The third-order valence-corrected chi connectivity index (χ3v) is 6.06. The molecule has 1 atom stereocenters. The number of hydrogen-bond acceptors (Lipinski definition) is 5. The van der Waals surface area contributed by atoms with Crippen molar-refractivity contribution in [1.82, 2.24) is 4.90 Å². The minimum absolute atomic E-state index is 0.0919. The van der Waals surface area contributed by atoms with Crippen molar-refractivity contribution in [3.63, 3.8) is 0 Å². The van der Waals surface area contributed by atoms with Crippen LogP contribution in [0.25, 0.3) is 5.76 Å². The Morgan fingerprint density at radius 1 is 0.943 bits per heavy atom. The lowest BCUT2D eigenvalue weighted by molar-refractivity contribution is -0.140. The number of amides is 1. The minimum atomic E-state index is -0.698. The second-order valence-electron chi connectivity index (χ2n) is 8.55. The second kappa shape index (κ2) is 11.0. The summed E-state index contributed by atoms with van der Waals surface area (Å²) < 4.78 is 11.0. The molecule has 180 valence electrons. The highest BCUT2D eigenvalue weighted by Crippen LogP contribution is 2.40. The molecule has 1 fully saturated rings. The van der Waals surface area contributed by atoms with Crippen molar-refractivity contribution in [2.75, 3.05) is 20.3 Å². The summed E-state index contributed by atoms with van der Waals surface area (Å²) in [5, 5.41) is 11.1. The van der Waals surface area contributed by atoms with Crippen molar-refractivity contribution in [3.05, 3.63) is 107 Å². The highest BCUT2D eigenvalue weighted by Gasteiger charge is 2.45. The Hall–Kier alpha value is -3.90. The Bertz CT molecular complexity index is 1200. The van der Waals surface area contributed by atoms with Gasteiger partial charge in [-0.05, 0) is 36.6 Å². The number of Topliss-reactive ketones (excluding diaryl/α,β-unsaturated/α-hetero) is 1. The molecule has 0 saturated carbocycles. The maximum absolute atomic E-state index is 13.1. The molecular weight excluding hydrogens is 442 g/mol. The first kappa shape index (κ1) is 24.2. The normalized spacial score (nSPS) is 17.1. The topological polar surface area (TPSA) is 76.1 Å². The summed E-state index contributed by atoms with van der Waals surface area (Å²) in [6.45, 7) is 3.17. The van der Waals surface area contributed by atoms with E-state index in [1.165, 1.54) is 4.90 Å². The van der Waals surface area contributed by atoms with Gasteiger partial charge in [0.2, 0.25) is 0 Å². The standard InChI is InChI=1S/C29H29NO5/c1-20-9-11-23(12-10-20)27(31)25-26(30(17-6-18-34-2)29(33)28(25)32)22-13-15-24(16-14-22)35-19-21-7-4-3-5-8-21/h3-5,7-16,26,31H,6,17-19H2,1-2H3/b27-25-. The van der Waals surface area contributed by atoms with Gasteiger partial charge in [0.05, 0.1) is 11.6 Å². The van der Waals surface area contributed by atoms with Crippen LogP contribution in [-0.4, -0.2) is 42.0 Å². The van der Waals surface area contributed by atoms with E-state index >= 15 is 0 Å². The van der Waals surface area contributed by atoms with Gasteiger partial charge in [-0.15, -0.1) is 0 Å². The highest BCUT2D eigenvalue weighted by molar-refractivity contribution is 6.46. The SMILES string of the molecule is COCCCN1C(=O)C(=O)/C(=C(\O)c2ccc(C)cc2)C1c1ccc(OCc2ccccc2)cc1. The Morgan fingerprint density at radius 2 is 1.63 bits per heavy atom. The number of likely N-dealkylation sites (tertiary alicyclic amines) is 1. The van der Waals surface area contributed by atoms with Gasteiger partial charge in [-0.1, -0.05) is 72.3 Å². The van der Waals surface area contributed by atoms with Gasteiger partial charge in [-0.2, -0.15) is 0 Å². The third-order valence-electron chi connectivity index (χ3n) is 6.06. The molecule has 1 N–H and O–H groups in total. The zero-order valence-corrected chi connectivity index (χ0v) is 19.9. The summed E-state index contributed by atoms with van der Waals surface area (Å²) in [7, 11) is 1.59. The van der Waals surface area contributed by atoms with Crippen molar-refractivity contribution in [3.8, 4) is 5.75 Å². The van der Waals surface area contributed by atoms with Gasteiger partial charge < -0.3 is 19.5 Å². The molecule has 1 heterocycles. The second-order valence-corrected chi connectivity index (χ2v) is 8.55. The lowest BCUT2D eigenvalue weighted by Gasteiger charge is -2.25. The maximum atomic E-state index is 13.1. The van der Waals surface area contributed by atoms with Crippen LogP contribution in [0.4, 0.5) is 0 Å². The molecule has 1 aliphatic rings.